The molecule has 0 spiro atoms. The number of nitrogens with zero attached hydrogens (tertiary/aromatic N) is 2. The third-order valence-electron chi connectivity index (χ3n) is 3.26. The van der Waals surface area contributed by atoms with Crippen molar-refractivity contribution in [2.75, 3.05) is 10.8 Å². The Morgan fingerprint density at radius 3 is 2.50 bits per heavy atom. The molecule has 7 nitrogen and oxygen atoms in total. The number of anilines is 1. The molecule has 0 fully saturated rings. The first-order valence-corrected chi connectivity index (χ1v) is 8.11. The number of carbonyl (C=O) groups excluding carboxylic acids is 1. The largest absolute Gasteiger partial charge is 0.345 e. The molecule has 0 saturated carbocycles. The van der Waals surface area contributed by atoms with Crippen LogP contribution in [-0.4, -0.2) is 25.4 Å². The molecule has 1 heterocycles. The quantitative estimate of drug-likeness (QED) is 0.484. The molecule has 0 aliphatic heterocycles. The van der Waals surface area contributed by atoms with Crippen LogP contribution >= 0.6 is 0 Å². The van der Waals surface area contributed by atoms with Crippen molar-refractivity contribution in [2.24, 2.45) is 12.9 Å². The molecule has 0 aliphatic rings. The molecule has 0 saturated heterocycles. The number of rotatable bonds is 5. The fourth-order valence-corrected chi connectivity index (χ4v) is 3.73. The van der Waals surface area contributed by atoms with Crippen molar-refractivity contribution in [3.8, 4) is 0 Å². The van der Waals surface area contributed by atoms with E-state index in [1.165, 1.54) is 21.1 Å². The normalized spacial score (nSPS) is 11.2. The lowest BCUT2D eigenvalue weighted by atomic mass is 10.3. The number of hydrogen-bond donors (Lipinski definition) is 2. The van der Waals surface area contributed by atoms with Crippen LogP contribution in [0.15, 0.2) is 47.5 Å². The van der Waals surface area contributed by atoms with Gasteiger partial charge in [0.1, 0.15) is 10.6 Å². The number of nitrogens with two attached hydrogens (primary N) is 1. The van der Waals surface area contributed by atoms with Crippen LogP contribution < -0.4 is 15.6 Å². The van der Waals surface area contributed by atoms with Gasteiger partial charge in [-0.15, -0.1) is 0 Å². The Morgan fingerprint density at radius 2 is 1.95 bits per heavy atom. The van der Waals surface area contributed by atoms with Crippen LogP contribution in [0, 0.1) is 0 Å². The van der Waals surface area contributed by atoms with E-state index in [1.54, 1.807) is 38.2 Å². The first kappa shape index (κ1) is 16.1. The molecule has 8 heteroatoms. The van der Waals surface area contributed by atoms with Gasteiger partial charge in [0.25, 0.3) is 15.9 Å². The van der Waals surface area contributed by atoms with Crippen molar-refractivity contribution in [3.05, 3.63) is 48.3 Å². The van der Waals surface area contributed by atoms with Crippen molar-refractivity contribution in [3.63, 3.8) is 0 Å². The average molecular weight is 322 g/mol. The van der Waals surface area contributed by atoms with Gasteiger partial charge < -0.3 is 4.57 Å². The number of benzene rings is 1. The van der Waals surface area contributed by atoms with Gasteiger partial charge in [-0.1, -0.05) is 18.2 Å². The number of amides is 1. The van der Waals surface area contributed by atoms with E-state index in [9.17, 15) is 13.2 Å². The number of hydrazine groups is 1. The molecule has 0 atom stereocenters. The van der Waals surface area contributed by atoms with Crippen LogP contribution in [0.1, 0.15) is 17.4 Å². The van der Waals surface area contributed by atoms with Gasteiger partial charge in [0.05, 0.1) is 5.69 Å². The van der Waals surface area contributed by atoms with Gasteiger partial charge in [0, 0.05) is 19.8 Å². The smallest absolute Gasteiger partial charge is 0.281 e. The highest BCUT2D eigenvalue weighted by Gasteiger charge is 2.26. The molecule has 3 N–H and O–H groups in total. The third-order valence-corrected chi connectivity index (χ3v) is 5.13. The summed E-state index contributed by atoms with van der Waals surface area (Å²) in [7, 11) is -2.17. The summed E-state index contributed by atoms with van der Waals surface area (Å²) >= 11 is 0. The van der Waals surface area contributed by atoms with E-state index in [0.29, 0.717) is 5.69 Å². The molecule has 0 radical (unpaired) electrons. The van der Waals surface area contributed by atoms with Crippen LogP contribution in [0.2, 0.25) is 0 Å². The highest BCUT2D eigenvalue weighted by atomic mass is 32.2. The minimum atomic E-state index is -3.76. The van der Waals surface area contributed by atoms with Crippen LogP contribution in [0.4, 0.5) is 5.69 Å². The van der Waals surface area contributed by atoms with Gasteiger partial charge in [-0.2, -0.15) is 0 Å². The molecule has 2 rings (SSSR count). The van der Waals surface area contributed by atoms with Gasteiger partial charge in [-0.05, 0) is 25.1 Å². The lowest BCUT2D eigenvalue weighted by molar-refractivity contribution is 0.0945. The number of carbonyl (C=O) groups is 1. The van der Waals surface area contributed by atoms with E-state index < -0.39 is 15.9 Å². The maximum absolute atomic E-state index is 12.8. The number of hydrogen-bond acceptors (Lipinski definition) is 4. The minimum absolute atomic E-state index is 0.0410. The molecule has 0 aliphatic carbocycles. The Morgan fingerprint density at radius 1 is 1.32 bits per heavy atom. The topological polar surface area (TPSA) is 97.4 Å². The van der Waals surface area contributed by atoms with Crippen LogP contribution in [0.25, 0.3) is 0 Å². The van der Waals surface area contributed by atoms with E-state index in [1.807, 2.05) is 11.5 Å². The fraction of sp³-hybridized carbons (Fsp3) is 0.214. The monoisotopic (exact) mass is 322 g/mol. The minimum Gasteiger partial charge on any atom is -0.345 e. The second kappa shape index (κ2) is 6.20. The summed E-state index contributed by atoms with van der Waals surface area (Å²) < 4.78 is 28.3. The predicted molar refractivity (Wildman–Crippen MR) is 83.7 cm³/mol. The van der Waals surface area contributed by atoms with Crippen molar-refractivity contribution < 1.29 is 13.2 Å². The van der Waals surface area contributed by atoms with Crippen molar-refractivity contribution in [1.82, 2.24) is 9.99 Å². The molecule has 118 valence electrons. The molecule has 1 aromatic heterocycles. The van der Waals surface area contributed by atoms with E-state index in [4.69, 9.17) is 5.84 Å². The average Bonchev–Trinajstić information content (AvgIpc) is 2.91. The lowest BCUT2D eigenvalue weighted by Crippen LogP contribution is -2.31. The number of para-hydroxylation sites is 1. The zero-order chi connectivity index (χ0) is 16.3. The van der Waals surface area contributed by atoms with Crippen LogP contribution in [-0.2, 0) is 17.1 Å². The SMILES string of the molecule is CCN(c1ccccc1)S(=O)(=O)c1cc(C(=O)NN)n(C)c1. The van der Waals surface area contributed by atoms with Gasteiger partial charge in [-0.3, -0.25) is 14.5 Å². The Labute approximate surface area is 129 Å². The first-order valence-electron chi connectivity index (χ1n) is 6.67. The molecular formula is C14H18N4O3S. The predicted octanol–water partition coefficient (Wildman–Crippen LogP) is 0.844. The molecule has 0 bridgehead atoms. The number of nitrogens with one attached hydrogen (secondary N) is 1. The summed E-state index contributed by atoms with van der Waals surface area (Å²) in [5.41, 5.74) is 2.73. The molecular weight excluding hydrogens is 304 g/mol. The van der Waals surface area contributed by atoms with E-state index >= 15 is 0 Å². The Bertz CT molecular complexity index is 769. The van der Waals surface area contributed by atoms with Gasteiger partial charge in [0.15, 0.2) is 0 Å². The molecule has 1 aromatic carbocycles. The van der Waals surface area contributed by atoms with E-state index in [0.717, 1.165) is 0 Å². The number of aromatic nitrogens is 1. The Kier molecular flexibility index (Phi) is 4.53. The lowest BCUT2D eigenvalue weighted by Gasteiger charge is -2.22. The Hall–Kier alpha value is -2.32. The first-order chi connectivity index (χ1) is 10.4. The van der Waals surface area contributed by atoms with E-state index in [-0.39, 0.29) is 17.1 Å². The maximum atomic E-state index is 12.8. The highest BCUT2D eigenvalue weighted by Crippen LogP contribution is 2.24. The summed E-state index contributed by atoms with van der Waals surface area (Å²) in [6.45, 7) is 2.03. The third kappa shape index (κ3) is 2.83. The van der Waals surface area contributed by atoms with Crippen molar-refractivity contribution >= 4 is 21.6 Å². The standard InChI is InChI=1S/C14H18N4O3S/c1-3-18(11-7-5-4-6-8-11)22(20,21)12-9-13(14(19)16-15)17(2)10-12/h4-10H,3,15H2,1-2H3,(H,16,19). The van der Waals surface area contributed by atoms with Crippen molar-refractivity contribution in [1.29, 1.82) is 0 Å². The van der Waals surface area contributed by atoms with Crippen LogP contribution in [0.3, 0.4) is 0 Å². The molecule has 2 aromatic rings. The fourth-order valence-electron chi connectivity index (χ4n) is 2.19. The highest BCUT2D eigenvalue weighted by molar-refractivity contribution is 7.92. The molecule has 0 unspecified atom stereocenters. The summed E-state index contributed by atoms with van der Waals surface area (Å²) in [4.78, 5) is 11.7. The summed E-state index contributed by atoms with van der Waals surface area (Å²) in [6, 6.07) is 10.1. The second-order valence-corrected chi connectivity index (χ2v) is 6.51. The summed E-state index contributed by atoms with van der Waals surface area (Å²) in [5, 5.41) is 0. The van der Waals surface area contributed by atoms with Gasteiger partial charge in [-0.25, -0.2) is 14.3 Å². The Balaban J connectivity index is 2.48. The zero-order valence-electron chi connectivity index (χ0n) is 12.4. The van der Waals surface area contributed by atoms with Gasteiger partial charge >= 0.3 is 0 Å². The number of sulfonamides is 1. The number of aryl methyl sites for hydroxylation is 1. The molecule has 22 heavy (non-hydrogen) atoms. The van der Waals surface area contributed by atoms with Crippen LogP contribution in [0.5, 0.6) is 0 Å². The van der Waals surface area contributed by atoms with E-state index in [2.05, 4.69) is 0 Å². The summed E-state index contributed by atoms with van der Waals surface area (Å²) in [5.74, 6) is 4.55. The van der Waals surface area contributed by atoms with Crippen molar-refractivity contribution in [2.45, 2.75) is 11.8 Å². The second-order valence-electron chi connectivity index (χ2n) is 4.65. The number of nitrogen functional groups attached to an aromatic ring is 1. The maximum Gasteiger partial charge on any atom is 0.281 e. The zero-order valence-corrected chi connectivity index (χ0v) is 13.2. The van der Waals surface area contributed by atoms with Gasteiger partial charge in [0.2, 0.25) is 0 Å². The summed E-state index contributed by atoms with van der Waals surface area (Å²) in [6.07, 6.45) is 1.39. The molecule has 1 amide bonds.